The van der Waals surface area contributed by atoms with Gasteiger partial charge in [-0.1, -0.05) is 17.8 Å². The molecule has 0 aliphatic carbocycles. The number of aromatic nitrogens is 4. The van der Waals surface area contributed by atoms with Gasteiger partial charge in [-0.05, 0) is 18.2 Å². The average molecular weight is 425 g/mol. The molecule has 3 aromatic rings. The highest BCUT2D eigenvalue weighted by atomic mass is 32.2. The Bertz CT molecular complexity index is 982. The number of nitrogens with zero attached hydrogens (tertiary/aromatic N) is 5. The number of non-ortho nitro benzene ring substituents is 1. The summed E-state index contributed by atoms with van der Waals surface area (Å²) >= 11 is 1.05. The highest BCUT2D eigenvalue weighted by molar-refractivity contribution is 7.99. The molecule has 0 unspecified atom stereocenters. The first-order valence-electron chi connectivity index (χ1n) is 8.24. The number of alkyl halides is 3. The summed E-state index contributed by atoms with van der Waals surface area (Å²) in [5.41, 5.74) is 0.360. The molecule has 0 bridgehead atoms. The standard InChI is InChI=1S/C17H14F3N5O3S/c18-17(19,20)11-24-15(12-4-6-21-7-5-12)22-23-16(24)29-9-8-28-14-3-1-2-13(10-14)25(26)27/h1-7,10H,8-9,11H2. The van der Waals surface area contributed by atoms with Crippen LogP contribution in [0.25, 0.3) is 11.4 Å². The van der Waals surface area contributed by atoms with E-state index >= 15 is 0 Å². The Morgan fingerprint density at radius 3 is 2.62 bits per heavy atom. The van der Waals surface area contributed by atoms with Crippen LogP contribution in [0.2, 0.25) is 0 Å². The lowest BCUT2D eigenvalue weighted by molar-refractivity contribution is -0.384. The molecule has 29 heavy (non-hydrogen) atoms. The Morgan fingerprint density at radius 2 is 1.93 bits per heavy atom. The second-order valence-electron chi connectivity index (χ2n) is 5.69. The fraction of sp³-hybridized carbons (Fsp3) is 0.235. The van der Waals surface area contributed by atoms with Crippen LogP contribution >= 0.6 is 11.8 Å². The number of thioether (sulfide) groups is 1. The van der Waals surface area contributed by atoms with Gasteiger partial charge < -0.3 is 4.74 Å². The summed E-state index contributed by atoms with van der Waals surface area (Å²) in [6.07, 6.45) is -1.53. The number of hydrogen-bond acceptors (Lipinski definition) is 7. The summed E-state index contributed by atoms with van der Waals surface area (Å²) in [5, 5.41) is 18.6. The number of nitro groups is 1. The molecule has 0 spiro atoms. The van der Waals surface area contributed by atoms with Gasteiger partial charge in [0.05, 0.1) is 17.6 Å². The van der Waals surface area contributed by atoms with Crippen LogP contribution in [0.1, 0.15) is 0 Å². The van der Waals surface area contributed by atoms with Crippen molar-refractivity contribution in [1.29, 1.82) is 0 Å². The van der Waals surface area contributed by atoms with Crippen LogP contribution in [0.3, 0.4) is 0 Å². The van der Waals surface area contributed by atoms with Gasteiger partial charge in [0, 0.05) is 29.8 Å². The second kappa shape index (κ2) is 8.90. The Labute approximate surface area is 166 Å². The zero-order valence-corrected chi connectivity index (χ0v) is 15.6. The summed E-state index contributed by atoms with van der Waals surface area (Å²) in [6.45, 7) is -1.11. The minimum Gasteiger partial charge on any atom is -0.492 e. The Balaban J connectivity index is 1.68. The molecule has 1 aromatic carbocycles. The van der Waals surface area contributed by atoms with Crippen LogP contribution in [0.15, 0.2) is 53.9 Å². The van der Waals surface area contributed by atoms with E-state index in [-0.39, 0.29) is 29.0 Å². The normalized spacial score (nSPS) is 11.4. The van der Waals surface area contributed by atoms with E-state index in [2.05, 4.69) is 15.2 Å². The van der Waals surface area contributed by atoms with E-state index in [4.69, 9.17) is 4.74 Å². The first kappa shape index (κ1) is 20.6. The van der Waals surface area contributed by atoms with Crippen molar-refractivity contribution in [2.75, 3.05) is 12.4 Å². The average Bonchev–Trinajstić information content (AvgIpc) is 3.07. The van der Waals surface area contributed by atoms with Crippen molar-refractivity contribution in [2.24, 2.45) is 0 Å². The van der Waals surface area contributed by atoms with Crippen molar-refractivity contribution in [3.8, 4) is 17.1 Å². The molecule has 0 saturated heterocycles. The molecule has 12 heteroatoms. The van der Waals surface area contributed by atoms with Crippen LogP contribution in [0.4, 0.5) is 18.9 Å². The van der Waals surface area contributed by atoms with Crippen molar-refractivity contribution in [3.05, 3.63) is 58.9 Å². The number of nitro benzene ring substituents is 1. The molecular weight excluding hydrogens is 411 g/mol. The van der Waals surface area contributed by atoms with E-state index in [9.17, 15) is 23.3 Å². The highest BCUT2D eigenvalue weighted by Crippen LogP contribution is 2.28. The quantitative estimate of drug-likeness (QED) is 0.233. The van der Waals surface area contributed by atoms with Gasteiger partial charge in [0.25, 0.3) is 5.69 Å². The molecule has 0 atom stereocenters. The molecule has 0 saturated carbocycles. The SMILES string of the molecule is O=[N+]([O-])c1cccc(OCCSc2nnc(-c3ccncc3)n2CC(F)(F)F)c1. The van der Waals surface area contributed by atoms with Crippen molar-refractivity contribution in [3.63, 3.8) is 0 Å². The van der Waals surface area contributed by atoms with Gasteiger partial charge in [-0.2, -0.15) is 13.2 Å². The molecule has 0 N–H and O–H groups in total. The number of pyridine rings is 1. The highest BCUT2D eigenvalue weighted by Gasteiger charge is 2.31. The van der Waals surface area contributed by atoms with Crippen molar-refractivity contribution >= 4 is 17.4 Å². The summed E-state index contributed by atoms with van der Waals surface area (Å²) in [4.78, 5) is 14.1. The fourth-order valence-electron chi connectivity index (χ4n) is 2.41. The lowest BCUT2D eigenvalue weighted by Gasteiger charge is -2.12. The van der Waals surface area contributed by atoms with Gasteiger partial charge in [0.2, 0.25) is 0 Å². The lowest BCUT2D eigenvalue weighted by atomic mass is 10.2. The number of ether oxygens (including phenoxy) is 1. The van der Waals surface area contributed by atoms with Crippen molar-refractivity contribution in [1.82, 2.24) is 19.7 Å². The van der Waals surface area contributed by atoms with E-state index < -0.39 is 17.6 Å². The van der Waals surface area contributed by atoms with Gasteiger partial charge in [0.1, 0.15) is 12.3 Å². The first-order chi connectivity index (χ1) is 13.8. The maximum absolute atomic E-state index is 13.0. The predicted octanol–water partition coefficient (Wildman–Crippen LogP) is 3.98. The topological polar surface area (TPSA) is 96.0 Å². The van der Waals surface area contributed by atoms with Crippen LogP contribution in [0.5, 0.6) is 5.75 Å². The predicted molar refractivity (Wildman–Crippen MR) is 98.6 cm³/mol. The number of hydrogen-bond donors (Lipinski definition) is 0. The minimum absolute atomic E-state index is 0.0897. The zero-order valence-electron chi connectivity index (χ0n) is 14.7. The summed E-state index contributed by atoms with van der Waals surface area (Å²) in [7, 11) is 0. The van der Waals surface area contributed by atoms with Gasteiger partial charge in [-0.25, -0.2) is 0 Å². The monoisotopic (exact) mass is 425 g/mol. The molecule has 0 radical (unpaired) electrons. The summed E-state index contributed by atoms with van der Waals surface area (Å²) < 4.78 is 45.5. The molecule has 2 aromatic heterocycles. The molecule has 0 aliphatic heterocycles. The summed E-state index contributed by atoms with van der Waals surface area (Å²) in [5.74, 6) is 0.663. The molecule has 3 rings (SSSR count). The molecule has 8 nitrogen and oxygen atoms in total. The van der Waals surface area contributed by atoms with E-state index in [1.807, 2.05) is 0 Å². The second-order valence-corrected chi connectivity index (χ2v) is 6.76. The molecule has 0 aliphatic rings. The molecular formula is C17H14F3N5O3S. The zero-order chi connectivity index (χ0) is 20.9. The molecule has 2 heterocycles. The van der Waals surface area contributed by atoms with Gasteiger partial charge in [0.15, 0.2) is 11.0 Å². The van der Waals surface area contributed by atoms with Crippen LogP contribution in [-0.4, -0.2) is 43.2 Å². The maximum Gasteiger partial charge on any atom is 0.406 e. The number of rotatable bonds is 8. The van der Waals surface area contributed by atoms with Crippen LogP contribution < -0.4 is 4.74 Å². The van der Waals surface area contributed by atoms with Crippen molar-refractivity contribution in [2.45, 2.75) is 17.9 Å². The number of halogens is 3. The molecule has 0 fully saturated rings. The smallest absolute Gasteiger partial charge is 0.406 e. The van der Waals surface area contributed by atoms with E-state index in [0.717, 1.165) is 16.3 Å². The fourth-order valence-corrected chi connectivity index (χ4v) is 3.17. The number of benzene rings is 1. The third kappa shape index (κ3) is 5.67. The third-order valence-corrected chi connectivity index (χ3v) is 4.54. The van der Waals surface area contributed by atoms with Crippen molar-refractivity contribution < 1.29 is 22.8 Å². The minimum atomic E-state index is -4.45. The van der Waals surface area contributed by atoms with Gasteiger partial charge in [-0.15, -0.1) is 10.2 Å². The lowest BCUT2D eigenvalue weighted by Crippen LogP contribution is -2.19. The summed E-state index contributed by atoms with van der Waals surface area (Å²) in [6, 6.07) is 8.76. The Hall–Kier alpha value is -3.15. The Morgan fingerprint density at radius 1 is 1.17 bits per heavy atom. The first-order valence-corrected chi connectivity index (χ1v) is 9.22. The molecule has 152 valence electrons. The van der Waals surface area contributed by atoms with Crippen LogP contribution in [-0.2, 0) is 6.54 Å². The van der Waals surface area contributed by atoms with Gasteiger partial charge >= 0.3 is 6.18 Å². The van der Waals surface area contributed by atoms with Crippen LogP contribution in [0, 0.1) is 10.1 Å². The van der Waals surface area contributed by atoms with E-state index in [0.29, 0.717) is 11.3 Å². The maximum atomic E-state index is 13.0. The third-order valence-electron chi connectivity index (χ3n) is 3.60. The van der Waals surface area contributed by atoms with E-state index in [1.54, 1.807) is 18.2 Å². The van der Waals surface area contributed by atoms with Gasteiger partial charge in [-0.3, -0.25) is 19.7 Å². The largest absolute Gasteiger partial charge is 0.492 e. The molecule has 0 amide bonds. The van der Waals surface area contributed by atoms with E-state index in [1.165, 1.54) is 30.6 Å². The Kier molecular flexibility index (Phi) is 6.32.